The zero-order valence-corrected chi connectivity index (χ0v) is 12.5. The van der Waals surface area contributed by atoms with Gasteiger partial charge in [-0.3, -0.25) is 9.80 Å². The molecule has 108 valence electrons. The van der Waals surface area contributed by atoms with Gasteiger partial charge in [0.05, 0.1) is 12.2 Å². The van der Waals surface area contributed by atoms with Crippen LogP contribution in [-0.4, -0.2) is 73.0 Å². The molecule has 0 bridgehead atoms. The molecule has 4 heteroatoms. The van der Waals surface area contributed by atoms with Crippen LogP contribution in [0.3, 0.4) is 0 Å². The van der Waals surface area contributed by atoms with Crippen molar-refractivity contribution < 1.29 is 9.84 Å². The van der Waals surface area contributed by atoms with Crippen molar-refractivity contribution in [2.75, 3.05) is 46.4 Å². The maximum atomic E-state index is 9.92. The van der Waals surface area contributed by atoms with Crippen molar-refractivity contribution in [3.63, 3.8) is 0 Å². The molecule has 1 N–H and O–H groups in total. The van der Waals surface area contributed by atoms with E-state index < -0.39 is 5.60 Å². The Bertz CT molecular complexity index is 228. The lowest BCUT2D eigenvalue weighted by molar-refractivity contribution is -0.00626. The molecule has 1 atom stereocenters. The van der Waals surface area contributed by atoms with Gasteiger partial charge in [0.1, 0.15) is 0 Å². The minimum atomic E-state index is -0.592. The number of methoxy groups -OCH3 is 1. The molecule has 1 fully saturated rings. The summed E-state index contributed by atoms with van der Waals surface area (Å²) in [4.78, 5) is 4.93. The second kappa shape index (κ2) is 7.43. The lowest BCUT2D eigenvalue weighted by Gasteiger charge is -2.43. The highest BCUT2D eigenvalue weighted by molar-refractivity contribution is 4.84. The maximum Gasteiger partial charge on any atom is 0.0718 e. The normalized spacial score (nSPS) is 23.5. The first-order valence-electron chi connectivity index (χ1n) is 7.14. The summed E-state index contributed by atoms with van der Waals surface area (Å²) < 4.78 is 5.18. The molecule has 1 aliphatic heterocycles. The van der Waals surface area contributed by atoms with E-state index in [4.69, 9.17) is 4.74 Å². The Morgan fingerprint density at radius 2 is 2.06 bits per heavy atom. The summed E-state index contributed by atoms with van der Waals surface area (Å²) in [7, 11) is 1.76. The number of nitrogens with zero attached hydrogens (tertiary/aromatic N) is 2. The topological polar surface area (TPSA) is 35.9 Å². The number of hydrogen-bond acceptors (Lipinski definition) is 4. The van der Waals surface area contributed by atoms with Crippen molar-refractivity contribution in [2.24, 2.45) is 0 Å². The molecule has 0 radical (unpaired) electrons. The van der Waals surface area contributed by atoms with Gasteiger partial charge in [0.15, 0.2) is 0 Å². The van der Waals surface area contributed by atoms with Crippen molar-refractivity contribution in [1.29, 1.82) is 0 Å². The molecule has 0 aromatic carbocycles. The number of piperazine rings is 1. The smallest absolute Gasteiger partial charge is 0.0718 e. The Kier molecular flexibility index (Phi) is 6.57. The van der Waals surface area contributed by atoms with Crippen LogP contribution in [0, 0.1) is 0 Å². The van der Waals surface area contributed by atoms with E-state index >= 15 is 0 Å². The fourth-order valence-electron chi connectivity index (χ4n) is 2.76. The maximum absolute atomic E-state index is 9.92. The van der Waals surface area contributed by atoms with Crippen molar-refractivity contribution in [3.8, 4) is 0 Å². The minimum absolute atomic E-state index is 0.592. The van der Waals surface area contributed by atoms with Crippen LogP contribution in [0.15, 0.2) is 0 Å². The van der Waals surface area contributed by atoms with Crippen LogP contribution >= 0.6 is 0 Å². The molecule has 1 unspecified atom stereocenters. The van der Waals surface area contributed by atoms with Crippen LogP contribution in [0.1, 0.15) is 33.6 Å². The summed E-state index contributed by atoms with van der Waals surface area (Å²) in [5.41, 5.74) is -0.592. The lowest BCUT2D eigenvalue weighted by Crippen LogP contribution is -2.56. The Balaban J connectivity index is 2.48. The Hall–Kier alpha value is -0.160. The number of hydrogen-bond donors (Lipinski definition) is 1. The third kappa shape index (κ3) is 5.65. The summed E-state index contributed by atoms with van der Waals surface area (Å²) in [5, 5.41) is 9.92. The van der Waals surface area contributed by atoms with Gasteiger partial charge in [-0.2, -0.15) is 0 Å². The van der Waals surface area contributed by atoms with Crippen molar-refractivity contribution >= 4 is 0 Å². The van der Waals surface area contributed by atoms with E-state index in [1.54, 1.807) is 7.11 Å². The predicted molar refractivity (Wildman–Crippen MR) is 74.9 cm³/mol. The molecule has 0 saturated carbocycles. The summed E-state index contributed by atoms with van der Waals surface area (Å²) in [6.45, 7) is 11.8. The van der Waals surface area contributed by atoms with Crippen LogP contribution in [0.2, 0.25) is 0 Å². The van der Waals surface area contributed by atoms with E-state index in [2.05, 4.69) is 16.7 Å². The van der Waals surface area contributed by atoms with Gasteiger partial charge in [-0.25, -0.2) is 0 Å². The van der Waals surface area contributed by atoms with Gasteiger partial charge < -0.3 is 9.84 Å². The van der Waals surface area contributed by atoms with Crippen LogP contribution in [-0.2, 0) is 4.74 Å². The highest BCUT2D eigenvalue weighted by Gasteiger charge is 2.28. The molecule has 0 aliphatic carbocycles. The molecular weight excluding hydrogens is 228 g/mol. The zero-order valence-electron chi connectivity index (χ0n) is 12.5. The third-order valence-corrected chi connectivity index (χ3v) is 3.50. The third-order valence-electron chi connectivity index (χ3n) is 3.50. The van der Waals surface area contributed by atoms with Crippen LogP contribution in [0.5, 0.6) is 0 Å². The van der Waals surface area contributed by atoms with Gasteiger partial charge in [0.2, 0.25) is 0 Å². The SMILES string of the molecule is CCCC1CN(CC(C)(C)O)CCN1CCOC. The second-order valence-electron chi connectivity index (χ2n) is 6.02. The molecule has 1 heterocycles. The summed E-state index contributed by atoms with van der Waals surface area (Å²) in [6, 6.07) is 0.612. The number of aliphatic hydroxyl groups is 1. The van der Waals surface area contributed by atoms with E-state index in [9.17, 15) is 5.11 Å². The van der Waals surface area contributed by atoms with E-state index in [0.717, 1.165) is 39.3 Å². The van der Waals surface area contributed by atoms with Gasteiger partial charge in [-0.1, -0.05) is 13.3 Å². The van der Waals surface area contributed by atoms with Crippen molar-refractivity contribution in [1.82, 2.24) is 9.80 Å². The Morgan fingerprint density at radius 1 is 1.33 bits per heavy atom. The lowest BCUT2D eigenvalue weighted by atomic mass is 10.0. The number of ether oxygens (including phenoxy) is 1. The van der Waals surface area contributed by atoms with Crippen molar-refractivity contribution in [3.05, 3.63) is 0 Å². The Labute approximate surface area is 112 Å². The van der Waals surface area contributed by atoms with Gasteiger partial charge in [-0.15, -0.1) is 0 Å². The first kappa shape index (κ1) is 15.9. The standard InChI is InChI=1S/C14H30N2O2/c1-5-6-13-11-15(12-14(2,3)17)7-8-16(13)9-10-18-4/h13,17H,5-12H2,1-4H3. The molecule has 0 aromatic heterocycles. The predicted octanol–water partition coefficient (Wildman–Crippen LogP) is 1.19. The number of rotatable bonds is 7. The Morgan fingerprint density at radius 3 is 2.61 bits per heavy atom. The number of β-amino-alcohol motifs (C(OH)–C–C–N with tert-alkyl or cyclic N) is 1. The minimum Gasteiger partial charge on any atom is -0.389 e. The first-order valence-corrected chi connectivity index (χ1v) is 7.14. The van der Waals surface area contributed by atoms with Gasteiger partial charge >= 0.3 is 0 Å². The summed E-state index contributed by atoms with van der Waals surface area (Å²) in [5.74, 6) is 0. The highest BCUT2D eigenvalue weighted by atomic mass is 16.5. The summed E-state index contributed by atoms with van der Waals surface area (Å²) >= 11 is 0. The van der Waals surface area contributed by atoms with Crippen LogP contribution < -0.4 is 0 Å². The van der Waals surface area contributed by atoms with E-state index in [1.807, 2.05) is 13.8 Å². The van der Waals surface area contributed by atoms with Crippen LogP contribution in [0.25, 0.3) is 0 Å². The van der Waals surface area contributed by atoms with E-state index in [0.29, 0.717) is 6.04 Å². The van der Waals surface area contributed by atoms with E-state index in [-0.39, 0.29) is 0 Å². The fourth-order valence-corrected chi connectivity index (χ4v) is 2.76. The second-order valence-corrected chi connectivity index (χ2v) is 6.02. The molecule has 0 aromatic rings. The monoisotopic (exact) mass is 258 g/mol. The average Bonchev–Trinajstić information content (AvgIpc) is 2.26. The molecule has 1 saturated heterocycles. The fraction of sp³-hybridized carbons (Fsp3) is 1.00. The van der Waals surface area contributed by atoms with Gasteiger partial charge in [0.25, 0.3) is 0 Å². The molecule has 18 heavy (non-hydrogen) atoms. The summed E-state index contributed by atoms with van der Waals surface area (Å²) in [6.07, 6.45) is 2.44. The van der Waals surface area contributed by atoms with Crippen LogP contribution in [0.4, 0.5) is 0 Å². The zero-order chi connectivity index (χ0) is 13.6. The van der Waals surface area contributed by atoms with Crippen molar-refractivity contribution in [2.45, 2.75) is 45.3 Å². The molecule has 0 amide bonds. The van der Waals surface area contributed by atoms with E-state index in [1.165, 1.54) is 12.8 Å². The molecular formula is C14H30N2O2. The average molecular weight is 258 g/mol. The first-order chi connectivity index (χ1) is 8.46. The highest BCUT2D eigenvalue weighted by Crippen LogP contribution is 2.16. The quantitative estimate of drug-likeness (QED) is 0.744. The molecule has 4 nitrogen and oxygen atoms in total. The van der Waals surface area contributed by atoms with Gasteiger partial charge in [-0.05, 0) is 20.3 Å². The largest absolute Gasteiger partial charge is 0.389 e. The van der Waals surface area contributed by atoms with Gasteiger partial charge in [0, 0.05) is 45.9 Å². The molecule has 1 aliphatic rings. The molecule has 0 spiro atoms. The molecule has 1 rings (SSSR count).